The molecule has 44 valence electrons. The van der Waals surface area contributed by atoms with E-state index in [-0.39, 0.29) is 6.04 Å². The lowest BCUT2D eigenvalue weighted by molar-refractivity contribution is -0.108. The Labute approximate surface area is 57.0 Å². The van der Waals surface area contributed by atoms with Crippen LogP contribution in [-0.2, 0) is 4.79 Å². The smallest absolute Gasteiger partial charge is 0.143 e. The average molecular weight is 147 g/mol. The van der Waals surface area contributed by atoms with Gasteiger partial charge in [-0.25, -0.2) is 0 Å². The van der Waals surface area contributed by atoms with Crippen LogP contribution in [0.5, 0.6) is 0 Å². The van der Waals surface area contributed by atoms with Gasteiger partial charge in [0, 0.05) is 5.75 Å². The first-order valence-corrected chi connectivity index (χ1v) is 3.61. The largest absolute Gasteiger partial charge is 0.361 e. The molecule has 1 atom stereocenters. The predicted molar refractivity (Wildman–Crippen MR) is 38.0 cm³/mol. The summed E-state index contributed by atoms with van der Waals surface area (Å²) in [5, 5.41) is 2.83. The third-order valence-electron chi connectivity index (χ3n) is 0.861. The molecule has 0 aromatic carbocycles. The Hall–Kier alpha value is -0.0900. The number of carbonyl (C=O) groups is 1. The SMILES string of the molecule is O=CC1CSC(=S)N1. The van der Waals surface area contributed by atoms with Gasteiger partial charge in [0.1, 0.15) is 10.6 Å². The molecule has 0 aromatic heterocycles. The van der Waals surface area contributed by atoms with Crippen molar-refractivity contribution in [2.24, 2.45) is 0 Å². The maximum absolute atomic E-state index is 10.0. The number of thiocarbonyl (C=S) groups is 1. The summed E-state index contributed by atoms with van der Waals surface area (Å²) in [6.45, 7) is 0. The van der Waals surface area contributed by atoms with Crippen molar-refractivity contribution < 1.29 is 4.79 Å². The molecule has 1 N–H and O–H groups in total. The Morgan fingerprint density at radius 1 is 2.00 bits per heavy atom. The van der Waals surface area contributed by atoms with Gasteiger partial charge in [-0.05, 0) is 0 Å². The van der Waals surface area contributed by atoms with Crippen LogP contribution in [0.4, 0.5) is 0 Å². The lowest BCUT2D eigenvalue weighted by Gasteiger charge is -1.94. The molecule has 1 heterocycles. The molecule has 1 aliphatic rings. The van der Waals surface area contributed by atoms with E-state index < -0.39 is 0 Å². The second-order valence-electron chi connectivity index (χ2n) is 1.49. The van der Waals surface area contributed by atoms with Crippen molar-refractivity contribution in [3.8, 4) is 0 Å². The van der Waals surface area contributed by atoms with Crippen molar-refractivity contribution in [2.45, 2.75) is 6.04 Å². The molecule has 0 aromatic rings. The van der Waals surface area contributed by atoms with Crippen LogP contribution >= 0.6 is 24.0 Å². The summed E-state index contributed by atoms with van der Waals surface area (Å²) < 4.78 is 0.738. The Balaban J connectivity index is 2.43. The van der Waals surface area contributed by atoms with Crippen LogP contribution in [0.1, 0.15) is 0 Å². The van der Waals surface area contributed by atoms with E-state index >= 15 is 0 Å². The van der Waals surface area contributed by atoms with Gasteiger partial charge < -0.3 is 10.1 Å². The van der Waals surface area contributed by atoms with E-state index in [0.717, 1.165) is 16.4 Å². The van der Waals surface area contributed by atoms with Crippen molar-refractivity contribution in [2.75, 3.05) is 5.75 Å². The number of aldehydes is 1. The van der Waals surface area contributed by atoms with Crippen molar-refractivity contribution in [3.05, 3.63) is 0 Å². The van der Waals surface area contributed by atoms with Crippen LogP contribution in [-0.4, -0.2) is 22.4 Å². The zero-order valence-corrected chi connectivity index (χ0v) is 5.72. The molecule has 8 heavy (non-hydrogen) atoms. The van der Waals surface area contributed by atoms with Crippen molar-refractivity contribution in [1.29, 1.82) is 0 Å². The molecule has 0 amide bonds. The lowest BCUT2D eigenvalue weighted by Crippen LogP contribution is -2.26. The van der Waals surface area contributed by atoms with E-state index in [1.807, 2.05) is 0 Å². The van der Waals surface area contributed by atoms with Crippen LogP contribution in [0.25, 0.3) is 0 Å². The highest BCUT2D eigenvalue weighted by atomic mass is 32.2. The molecule has 4 heteroatoms. The van der Waals surface area contributed by atoms with E-state index in [0.29, 0.717) is 0 Å². The number of hydrogen-bond acceptors (Lipinski definition) is 3. The van der Waals surface area contributed by atoms with Gasteiger partial charge >= 0.3 is 0 Å². The highest BCUT2D eigenvalue weighted by Crippen LogP contribution is 2.11. The summed E-state index contributed by atoms with van der Waals surface area (Å²) in [6, 6.07) is -0.0347. The molecule has 0 spiro atoms. The second-order valence-corrected chi connectivity index (χ2v) is 3.18. The molecule has 2 nitrogen and oxygen atoms in total. The maximum atomic E-state index is 10.0. The van der Waals surface area contributed by atoms with Gasteiger partial charge in [0.2, 0.25) is 0 Å². The maximum Gasteiger partial charge on any atom is 0.143 e. The molecule has 0 aliphatic carbocycles. The van der Waals surface area contributed by atoms with Crippen molar-refractivity contribution in [1.82, 2.24) is 5.32 Å². The van der Waals surface area contributed by atoms with Gasteiger partial charge in [-0.2, -0.15) is 0 Å². The van der Waals surface area contributed by atoms with Crippen LogP contribution in [0.15, 0.2) is 0 Å². The normalized spacial score (nSPS) is 27.5. The summed E-state index contributed by atoms with van der Waals surface area (Å²) in [5.41, 5.74) is 0. The first kappa shape index (κ1) is 6.04. The first-order chi connectivity index (χ1) is 3.83. The Morgan fingerprint density at radius 2 is 2.75 bits per heavy atom. The second kappa shape index (κ2) is 2.46. The van der Waals surface area contributed by atoms with Gasteiger partial charge in [-0.1, -0.05) is 24.0 Å². The van der Waals surface area contributed by atoms with Gasteiger partial charge in [0.25, 0.3) is 0 Å². The highest BCUT2D eigenvalue weighted by molar-refractivity contribution is 8.23. The Kier molecular flexibility index (Phi) is 1.85. The summed E-state index contributed by atoms with van der Waals surface area (Å²) >= 11 is 6.27. The minimum Gasteiger partial charge on any atom is -0.361 e. The number of nitrogens with one attached hydrogen (secondary N) is 1. The quantitative estimate of drug-likeness (QED) is 0.423. The van der Waals surface area contributed by atoms with Gasteiger partial charge in [-0.3, -0.25) is 0 Å². The summed E-state index contributed by atoms with van der Waals surface area (Å²) in [4.78, 5) is 10.0. The fourth-order valence-corrected chi connectivity index (χ4v) is 1.56. The zero-order chi connectivity index (χ0) is 5.98. The van der Waals surface area contributed by atoms with E-state index in [4.69, 9.17) is 12.2 Å². The topological polar surface area (TPSA) is 29.1 Å². The number of carbonyl (C=O) groups excluding carboxylic acids is 1. The van der Waals surface area contributed by atoms with Crippen LogP contribution in [0.3, 0.4) is 0 Å². The van der Waals surface area contributed by atoms with Crippen LogP contribution in [0, 0.1) is 0 Å². The van der Waals surface area contributed by atoms with Gasteiger partial charge in [0.15, 0.2) is 0 Å². The third kappa shape index (κ3) is 1.20. The highest BCUT2D eigenvalue weighted by Gasteiger charge is 2.16. The molecule has 1 aliphatic heterocycles. The molecule has 1 saturated heterocycles. The standard InChI is InChI=1S/C4H5NOS2/c6-1-3-2-8-4(7)5-3/h1,3H,2H2,(H,5,7). The molecular weight excluding hydrogens is 142 g/mol. The molecule has 1 rings (SSSR count). The average Bonchev–Trinajstić information content (AvgIpc) is 2.14. The Morgan fingerprint density at radius 3 is 3.00 bits per heavy atom. The zero-order valence-electron chi connectivity index (χ0n) is 4.09. The molecule has 0 radical (unpaired) electrons. The van der Waals surface area contributed by atoms with Crippen LogP contribution < -0.4 is 5.32 Å². The first-order valence-electron chi connectivity index (χ1n) is 2.21. The van der Waals surface area contributed by atoms with E-state index in [1.54, 1.807) is 0 Å². The lowest BCUT2D eigenvalue weighted by atomic mass is 10.4. The Bertz CT molecular complexity index is 125. The van der Waals surface area contributed by atoms with E-state index in [2.05, 4.69) is 5.32 Å². The van der Waals surface area contributed by atoms with Gasteiger partial charge in [-0.15, -0.1) is 0 Å². The predicted octanol–water partition coefficient (Wildman–Crippen LogP) is 0.175. The number of hydrogen-bond donors (Lipinski definition) is 1. The number of thioether (sulfide) groups is 1. The molecule has 1 unspecified atom stereocenters. The molecular formula is C4H5NOS2. The summed E-state index contributed by atoms with van der Waals surface area (Å²) in [6.07, 6.45) is 0.881. The minimum atomic E-state index is -0.0347. The van der Waals surface area contributed by atoms with Crippen molar-refractivity contribution in [3.63, 3.8) is 0 Å². The monoisotopic (exact) mass is 147 g/mol. The fraction of sp³-hybridized carbons (Fsp3) is 0.500. The van der Waals surface area contributed by atoms with E-state index in [1.165, 1.54) is 11.8 Å². The minimum absolute atomic E-state index is 0.0347. The molecule has 0 bridgehead atoms. The number of rotatable bonds is 1. The summed E-state index contributed by atoms with van der Waals surface area (Å²) in [7, 11) is 0. The summed E-state index contributed by atoms with van der Waals surface area (Å²) in [5.74, 6) is 0.794. The van der Waals surface area contributed by atoms with E-state index in [9.17, 15) is 4.79 Å². The van der Waals surface area contributed by atoms with Crippen molar-refractivity contribution >= 4 is 34.6 Å². The molecule has 0 saturated carbocycles. The van der Waals surface area contributed by atoms with Crippen LogP contribution in [0.2, 0.25) is 0 Å². The third-order valence-corrected chi connectivity index (χ3v) is 2.24. The van der Waals surface area contributed by atoms with Gasteiger partial charge in [0.05, 0.1) is 6.04 Å². The molecule has 1 fully saturated rings. The fourth-order valence-electron chi connectivity index (χ4n) is 0.473.